The fraction of sp³-hybridized carbons (Fsp3) is 0.909. The van der Waals surface area contributed by atoms with Crippen LogP contribution in [0, 0.1) is 12.0 Å². The normalized spacial score (nSPS) is 22.1. The van der Waals surface area contributed by atoms with Gasteiger partial charge in [0.1, 0.15) is 6.10 Å². The molecule has 0 aromatic carbocycles. The Labute approximate surface area is 94.1 Å². The molecule has 0 spiro atoms. The molecule has 16 heavy (non-hydrogen) atoms. The van der Waals surface area contributed by atoms with Crippen molar-refractivity contribution in [1.82, 2.24) is 0 Å². The zero-order chi connectivity index (χ0) is 12.2. The van der Waals surface area contributed by atoms with Crippen molar-refractivity contribution in [1.29, 1.82) is 0 Å². The Balaban J connectivity index is 2.13. The van der Waals surface area contributed by atoms with Gasteiger partial charge in [-0.2, -0.15) is 0 Å². The number of ether oxygens (including phenoxy) is 2. The number of methoxy groups -OCH3 is 1. The molecule has 1 atom stereocenters. The van der Waals surface area contributed by atoms with E-state index in [9.17, 15) is 13.2 Å². The highest BCUT2D eigenvalue weighted by molar-refractivity contribution is 4.99. The zero-order valence-electron chi connectivity index (χ0n) is 9.64. The molecule has 0 aliphatic heterocycles. The third-order valence-electron chi connectivity index (χ3n) is 2.71. The summed E-state index contributed by atoms with van der Waals surface area (Å²) in [5.41, 5.74) is 0. The first-order valence-electron chi connectivity index (χ1n) is 5.44. The van der Waals surface area contributed by atoms with E-state index < -0.39 is 12.1 Å². The molecule has 0 amide bonds. The second kappa shape index (κ2) is 5.87. The van der Waals surface area contributed by atoms with Gasteiger partial charge in [0.15, 0.2) is 0 Å². The van der Waals surface area contributed by atoms with Gasteiger partial charge in [0.05, 0.1) is 12.8 Å². The van der Waals surface area contributed by atoms with E-state index in [1.807, 2.05) is 0 Å². The monoisotopic (exact) mass is 239 g/mol. The Bertz CT molecular complexity index is 201. The molecular weight excluding hydrogens is 221 g/mol. The van der Waals surface area contributed by atoms with Crippen LogP contribution in [0.25, 0.3) is 0 Å². The molecule has 0 N–H and O–H groups in total. The van der Waals surface area contributed by atoms with E-state index in [0.717, 1.165) is 0 Å². The lowest BCUT2D eigenvalue weighted by molar-refractivity contribution is -0.129. The van der Waals surface area contributed by atoms with Gasteiger partial charge < -0.3 is 9.47 Å². The summed E-state index contributed by atoms with van der Waals surface area (Å²) in [6, 6.07) is 0. The minimum atomic E-state index is -2.55. The summed E-state index contributed by atoms with van der Waals surface area (Å²) in [7, 11) is 1.45. The maximum absolute atomic E-state index is 12.6. The van der Waals surface area contributed by atoms with Gasteiger partial charge in [-0.15, -0.1) is 0 Å². The maximum atomic E-state index is 12.6. The number of hydrogen-bond acceptors (Lipinski definition) is 2. The van der Waals surface area contributed by atoms with Crippen molar-refractivity contribution in [3.05, 3.63) is 6.10 Å². The first-order chi connectivity index (χ1) is 7.44. The predicted molar refractivity (Wildman–Crippen MR) is 53.9 cm³/mol. The van der Waals surface area contributed by atoms with Gasteiger partial charge in [0.25, 0.3) is 0 Å². The minimum absolute atomic E-state index is 0.168. The molecule has 0 aromatic heterocycles. The summed E-state index contributed by atoms with van der Waals surface area (Å²) < 4.78 is 47.9. The average molecular weight is 239 g/mol. The minimum Gasteiger partial charge on any atom is -0.378 e. The lowest BCUT2D eigenvalue weighted by Gasteiger charge is -2.38. The van der Waals surface area contributed by atoms with Gasteiger partial charge in [-0.25, -0.2) is 13.2 Å². The second-order valence-corrected chi connectivity index (χ2v) is 4.25. The molecule has 0 heterocycles. The fourth-order valence-electron chi connectivity index (χ4n) is 1.65. The SMILES string of the molecule is CO[C](COCCC(C)F)C1CC(F)(F)C1. The van der Waals surface area contributed by atoms with Crippen LogP contribution in [0.4, 0.5) is 13.2 Å². The van der Waals surface area contributed by atoms with E-state index in [2.05, 4.69) is 0 Å². The quantitative estimate of drug-likeness (QED) is 0.636. The third kappa shape index (κ3) is 4.29. The zero-order valence-corrected chi connectivity index (χ0v) is 9.64. The highest BCUT2D eigenvalue weighted by Gasteiger charge is 2.49. The predicted octanol–water partition coefficient (Wildman–Crippen LogP) is 2.97. The molecule has 5 heteroatoms. The topological polar surface area (TPSA) is 18.5 Å². The van der Waals surface area contributed by atoms with Crippen LogP contribution in [0.15, 0.2) is 0 Å². The summed E-state index contributed by atoms with van der Waals surface area (Å²) in [5, 5.41) is 0. The highest BCUT2D eigenvalue weighted by Crippen LogP contribution is 2.47. The number of rotatable bonds is 7. The molecule has 2 nitrogen and oxygen atoms in total. The molecule has 1 unspecified atom stereocenters. The Morgan fingerprint density at radius 1 is 1.44 bits per heavy atom. The van der Waals surface area contributed by atoms with E-state index >= 15 is 0 Å². The standard InChI is InChI=1S/C11H18F3O2/c1-8(12)3-4-16-7-10(15-2)9-5-11(13,14)6-9/h8-9H,3-7H2,1-2H3. The van der Waals surface area contributed by atoms with E-state index in [1.165, 1.54) is 14.0 Å². The van der Waals surface area contributed by atoms with Gasteiger partial charge in [-0.05, 0) is 6.92 Å². The molecule has 1 aliphatic rings. The fourth-order valence-corrected chi connectivity index (χ4v) is 1.65. The van der Waals surface area contributed by atoms with Gasteiger partial charge in [-0.3, -0.25) is 0 Å². The van der Waals surface area contributed by atoms with Crippen molar-refractivity contribution >= 4 is 0 Å². The van der Waals surface area contributed by atoms with E-state index in [0.29, 0.717) is 12.5 Å². The lowest BCUT2D eigenvalue weighted by Crippen LogP contribution is -2.40. The summed E-state index contributed by atoms with van der Waals surface area (Å²) in [6.45, 7) is 1.92. The molecule has 0 saturated heterocycles. The van der Waals surface area contributed by atoms with Crippen molar-refractivity contribution < 1.29 is 22.6 Å². The first kappa shape index (κ1) is 13.8. The molecule has 1 saturated carbocycles. The number of halogens is 3. The molecule has 1 fully saturated rings. The van der Waals surface area contributed by atoms with Crippen molar-refractivity contribution in [2.75, 3.05) is 20.3 Å². The van der Waals surface area contributed by atoms with Crippen LogP contribution in [0.1, 0.15) is 26.2 Å². The Morgan fingerprint density at radius 2 is 2.06 bits per heavy atom. The van der Waals surface area contributed by atoms with Crippen molar-refractivity contribution in [3.8, 4) is 0 Å². The van der Waals surface area contributed by atoms with Crippen LogP contribution in [-0.4, -0.2) is 32.4 Å². The molecule has 1 aliphatic carbocycles. The number of alkyl halides is 3. The molecule has 1 radical (unpaired) electrons. The van der Waals surface area contributed by atoms with E-state index in [1.54, 1.807) is 0 Å². The van der Waals surface area contributed by atoms with Crippen LogP contribution in [0.2, 0.25) is 0 Å². The second-order valence-electron chi connectivity index (χ2n) is 4.25. The van der Waals surface area contributed by atoms with Gasteiger partial charge in [0, 0.05) is 38.9 Å². The summed E-state index contributed by atoms with van der Waals surface area (Å²) in [5.74, 6) is -2.77. The highest BCUT2D eigenvalue weighted by atomic mass is 19.3. The molecule has 95 valence electrons. The van der Waals surface area contributed by atoms with Gasteiger partial charge in [-0.1, -0.05) is 0 Å². The van der Waals surface area contributed by atoms with E-state index in [-0.39, 0.29) is 32.0 Å². The number of hydrogen-bond donors (Lipinski definition) is 0. The Morgan fingerprint density at radius 3 is 2.50 bits per heavy atom. The first-order valence-corrected chi connectivity index (χ1v) is 5.44. The molecular formula is C11H18F3O2. The van der Waals surface area contributed by atoms with Crippen molar-refractivity contribution in [2.45, 2.75) is 38.3 Å². The van der Waals surface area contributed by atoms with Gasteiger partial charge >= 0.3 is 0 Å². The van der Waals surface area contributed by atoms with Crippen LogP contribution < -0.4 is 0 Å². The average Bonchev–Trinajstić information content (AvgIpc) is 2.14. The van der Waals surface area contributed by atoms with Gasteiger partial charge in [0.2, 0.25) is 5.92 Å². The van der Waals surface area contributed by atoms with Crippen LogP contribution in [0.3, 0.4) is 0 Å². The van der Waals surface area contributed by atoms with Crippen LogP contribution in [0.5, 0.6) is 0 Å². The maximum Gasteiger partial charge on any atom is 0.248 e. The Kier molecular flexibility index (Phi) is 5.05. The molecule has 0 bridgehead atoms. The van der Waals surface area contributed by atoms with E-state index in [4.69, 9.17) is 9.47 Å². The molecule has 0 aromatic rings. The largest absolute Gasteiger partial charge is 0.378 e. The summed E-state index contributed by atoms with van der Waals surface area (Å²) in [4.78, 5) is 0. The Hall–Kier alpha value is -0.290. The molecule has 1 rings (SSSR count). The smallest absolute Gasteiger partial charge is 0.248 e. The van der Waals surface area contributed by atoms with Crippen LogP contribution in [-0.2, 0) is 9.47 Å². The van der Waals surface area contributed by atoms with Crippen molar-refractivity contribution in [2.24, 2.45) is 5.92 Å². The lowest BCUT2D eigenvalue weighted by atomic mass is 9.78. The summed E-state index contributed by atoms with van der Waals surface area (Å²) in [6.07, 6.45) is -0.382. The van der Waals surface area contributed by atoms with Crippen LogP contribution >= 0.6 is 0 Å². The van der Waals surface area contributed by atoms with Crippen molar-refractivity contribution in [3.63, 3.8) is 0 Å². The third-order valence-corrected chi connectivity index (χ3v) is 2.71. The summed E-state index contributed by atoms with van der Waals surface area (Å²) >= 11 is 0.